The molecule has 0 atom stereocenters. The average molecular weight is 364 g/mol. The predicted octanol–water partition coefficient (Wildman–Crippen LogP) is 3.91. The van der Waals surface area contributed by atoms with Crippen LogP contribution in [0.3, 0.4) is 0 Å². The van der Waals surface area contributed by atoms with E-state index in [4.69, 9.17) is 0 Å². The van der Waals surface area contributed by atoms with Gasteiger partial charge in [-0.3, -0.25) is 9.59 Å². The van der Waals surface area contributed by atoms with Gasteiger partial charge < -0.3 is 10.2 Å². The molecule has 0 bridgehead atoms. The first-order valence-corrected chi connectivity index (χ1v) is 9.71. The Hall–Kier alpha value is -2.62. The van der Waals surface area contributed by atoms with Crippen LogP contribution in [0, 0.1) is 0 Å². The molecule has 0 saturated heterocycles. The molecule has 0 spiro atoms. The van der Waals surface area contributed by atoms with Gasteiger partial charge in [0.25, 0.3) is 0 Å². The molecule has 27 heavy (non-hydrogen) atoms. The molecule has 1 aliphatic carbocycles. The second kappa shape index (κ2) is 8.85. The zero-order valence-electron chi connectivity index (χ0n) is 16.3. The van der Waals surface area contributed by atoms with Gasteiger partial charge in [0.2, 0.25) is 5.91 Å². The van der Waals surface area contributed by atoms with Gasteiger partial charge in [-0.2, -0.15) is 0 Å². The third-order valence-electron chi connectivity index (χ3n) is 5.19. The van der Waals surface area contributed by atoms with Crippen LogP contribution >= 0.6 is 0 Å². The van der Waals surface area contributed by atoms with Gasteiger partial charge >= 0.3 is 0 Å². The number of aryl methyl sites for hydroxylation is 2. The van der Waals surface area contributed by atoms with Crippen LogP contribution in [0.1, 0.15) is 52.7 Å². The van der Waals surface area contributed by atoms with E-state index in [-0.39, 0.29) is 24.5 Å². The predicted molar refractivity (Wildman–Crippen MR) is 109 cm³/mol. The molecule has 0 radical (unpaired) electrons. The summed E-state index contributed by atoms with van der Waals surface area (Å²) in [5.41, 5.74) is 5.59. The first kappa shape index (κ1) is 19.2. The van der Waals surface area contributed by atoms with Crippen molar-refractivity contribution in [3.63, 3.8) is 0 Å². The molecule has 2 aromatic rings. The number of Topliss-reactive ketones (excluding diaryl/α,β-unsaturated/α-hetero) is 1. The lowest BCUT2D eigenvalue weighted by atomic mass is 9.89. The van der Waals surface area contributed by atoms with Crippen molar-refractivity contribution in [3.8, 4) is 0 Å². The Bertz CT molecular complexity index is 810. The molecule has 142 valence electrons. The van der Waals surface area contributed by atoms with Crippen molar-refractivity contribution in [2.24, 2.45) is 0 Å². The number of hydrogen-bond donors (Lipinski definition) is 1. The first-order valence-electron chi connectivity index (χ1n) is 9.71. The van der Waals surface area contributed by atoms with Crippen LogP contribution in [-0.4, -0.2) is 25.8 Å². The Balaban J connectivity index is 1.46. The highest BCUT2D eigenvalue weighted by atomic mass is 16.2. The van der Waals surface area contributed by atoms with Crippen LogP contribution < -0.4 is 10.2 Å². The Morgan fingerprint density at radius 2 is 1.63 bits per heavy atom. The quantitative estimate of drug-likeness (QED) is 0.758. The Morgan fingerprint density at radius 3 is 2.33 bits per heavy atom. The standard InChI is InChI=1S/C23H28N2O2/c1-25(2)21-11-7-17(8-12-21)16-24-23(27)14-13-22(26)20-10-9-18-5-3-4-6-19(18)15-20/h7-12,15H,3-6,13-14,16H2,1-2H3,(H,24,27). The van der Waals surface area contributed by atoms with Crippen LogP contribution in [-0.2, 0) is 24.2 Å². The third kappa shape index (κ3) is 5.19. The van der Waals surface area contributed by atoms with E-state index in [9.17, 15) is 9.59 Å². The number of benzene rings is 2. The van der Waals surface area contributed by atoms with E-state index < -0.39 is 0 Å². The number of amides is 1. The molecule has 1 amide bonds. The van der Waals surface area contributed by atoms with Gasteiger partial charge in [-0.05, 0) is 60.6 Å². The Labute approximate surface area is 161 Å². The van der Waals surface area contributed by atoms with E-state index in [1.165, 1.54) is 24.0 Å². The number of rotatable bonds is 7. The van der Waals surface area contributed by atoms with Crippen molar-refractivity contribution in [3.05, 3.63) is 64.7 Å². The second-order valence-electron chi connectivity index (χ2n) is 7.45. The molecule has 1 aliphatic rings. The number of hydrogen-bond acceptors (Lipinski definition) is 3. The van der Waals surface area contributed by atoms with E-state index in [1.54, 1.807) is 0 Å². The fourth-order valence-corrected chi connectivity index (χ4v) is 3.48. The summed E-state index contributed by atoms with van der Waals surface area (Å²) in [5, 5.41) is 2.90. The number of fused-ring (bicyclic) bond motifs is 1. The maximum atomic E-state index is 12.4. The Morgan fingerprint density at radius 1 is 0.926 bits per heavy atom. The number of carbonyl (C=O) groups is 2. The summed E-state index contributed by atoms with van der Waals surface area (Å²) in [5.74, 6) is -0.0353. The monoisotopic (exact) mass is 364 g/mol. The minimum atomic E-state index is -0.0852. The first-order chi connectivity index (χ1) is 13.0. The minimum absolute atomic E-state index is 0.0499. The maximum absolute atomic E-state index is 12.4. The van der Waals surface area contributed by atoms with E-state index >= 15 is 0 Å². The molecular formula is C23H28N2O2. The lowest BCUT2D eigenvalue weighted by molar-refractivity contribution is -0.121. The van der Waals surface area contributed by atoms with Crippen LogP contribution in [0.25, 0.3) is 0 Å². The van der Waals surface area contributed by atoms with E-state index in [0.717, 1.165) is 29.7 Å². The molecule has 4 heteroatoms. The molecule has 3 rings (SSSR count). The molecule has 0 saturated carbocycles. The van der Waals surface area contributed by atoms with Gasteiger partial charge in [-0.25, -0.2) is 0 Å². The summed E-state index contributed by atoms with van der Waals surface area (Å²) in [6, 6.07) is 14.1. The lowest BCUT2D eigenvalue weighted by Crippen LogP contribution is -2.23. The minimum Gasteiger partial charge on any atom is -0.378 e. The fraction of sp³-hybridized carbons (Fsp3) is 0.391. The summed E-state index contributed by atoms with van der Waals surface area (Å²) in [7, 11) is 3.99. The van der Waals surface area contributed by atoms with Crippen LogP contribution in [0.5, 0.6) is 0 Å². The van der Waals surface area contributed by atoms with E-state index in [1.807, 2.05) is 55.4 Å². The van der Waals surface area contributed by atoms with Crippen molar-refractivity contribution in [1.82, 2.24) is 5.32 Å². The van der Waals surface area contributed by atoms with Crippen molar-refractivity contribution < 1.29 is 9.59 Å². The van der Waals surface area contributed by atoms with Crippen LogP contribution in [0.15, 0.2) is 42.5 Å². The van der Waals surface area contributed by atoms with E-state index in [0.29, 0.717) is 6.54 Å². The fourth-order valence-electron chi connectivity index (χ4n) is 3.48. The van der Waals surface area contributed by atoms with E-state index in [2.05, 4.69) is 11.4 Å². The molecule has 0 aliphatic heterocycles. The smallest absolute Gasteiger partial charge is 0.220 e. The van der Waals surface area contributed by atoms with Crippen molar-refractivity contribution in [1.29, 1.82) is 0 Å². The molecule has 0 fully saturated rings. The Kier molecular flexibility index (Phi) is 6.28. The zero-order chi connectivity index (χ0) is 19.2. The number of nitrogens with zero attached hydrogens (tertiary/aromatic N) is 1. The summed E-state index contributed by atoms with van der Waals surface area (Å²) < 4.78 is 0. The highest BCUT2D eigenvalue weighted by Gasteiger charge is 2.14. The molecule has 0 unspecified atom stereocenters. The molecule has 0 heterocycles. The summed E-state index contributed by atoms with van der Waals surface area (Å²) in [6.45, 7) is 0.486. The summed E-state index contributed by atoms with van der Waals surface area (Å²) in [6.07, 6.45) is 5.09. The molecular weight excluding hydrogens is 336 g/mol. The average Bonchev–Trinajstić information content (AvgIpc) is 2.70. The summed E-state index contributed by atoms with van der Waals surface area (Å²) >= 11 is 0. The van der Waals surface area contributed by atoms with Crippen LogP contribution in [0.4, 0.5) is 5.69 Å². The largest absolute Gasteiger partial charge is 0.378 e. The highest BCUT2D eigenvalue weighted by Crippen LogP contribution is 2.23. The van der Waals surface area contributed by atoms with Gasteiger partial charge in [-0.15, -0.1) is 0 Å². The second-order valence-corrected chi connectivity index (χ2v) is 7.45. The third-order valence-corrected chi connectivity index (χ3v) is 5.19. The molecule has 0 aromatic heterocycles. The summed E-state index contributed by atoms with van der Waals surface area (Å²) in [4.78, 5) is 26.6. The SMILES string of the molecule is CN(C)c1ccc(CNC(=O)CCC(=O)c2ccc3c(c2)CCCC3)cc1. The number of ketones is 1. The van der Waals surface area contributed by atoms with Gasteiger partial charge in [0.1, 0.15) is 0 Å². The lowest BCUT2D eigenvalue weighted by Gasteiger charge is -2.16. The van der Waals surface area contributed by atoms with Crippen molar-refractivity contribution in [2.45, 2.75) is 45.1 Å². The number of anilines is 1. The molecule has 1 N–H and O–H groups in total. The molecule has 4 nitrogen and oxygen atoms in total. The number of carbonyl (C=O) groups excluding carboxylic acids is 2. The zero-order valence-corrected chi connectivity index (χ0v) is 16.3. The highest BCUT2D eigenvalue weighted by molar-refractivity contribution is 5.98. The molecule has 2 aromatic carbocycles. The van der Waals surface area contributed by atoms with Gasteiger partial charge in [-0.1, -0.05) is 24.3 Å². The van der Waals surface area contributed by atoms with Gasteiger partial charge in [0, 0.05) is 44.7 Å². The topological polar surface area (TPSA) is 49.4 Å². The van der Waals surface area contributed by atoms with Crippen molar-refractivity contribution >= 4 is 17.4 Å². The van der Waals surface area contributed by atoms with Gasteiger partial charge in [0.05, 0.1) is 0 Å². The van der Waals surface area contributed by atoms with Crippen LogP contribution in [0.2, 0.25) is 0 Å². The maximum Gasteiger partial charge on any atom is 0.220 e. The number of nitrogens with one attached hydrogen (secondary N) is 1. The van der Waals surface area contributed by atoms with Gasteiger partial charge in [0.15, 0.2) is 5.78 Å². The normalized spacial score (nSPS) is 13.0. The van der Waals surface area contributed by atoms with Crippen molar-refractivity contribution in [2.75, 3.05) is 19.0 Å².